The van der Waals surface area contributed by atoms with Crippen molar-refractivity contribution in [1.82, 2.24) is 5.32 Å². The van der Waals surface area contributed by atoms with E-state index in [-0.39, 0.29) is 5.91 Å². The van der Waals surface area contributed by atoms with E-state index in [2.05, 4.69) is 10.6 Å². The smallest absolute Gasteiger partial charge is 0.312 e. The largest absolute Gasteiger partial charge is 0.352 e. The Hall–Kier alpha value is -1.69. The Labute approximate surface area is 123 Å². The predicted molar refractivity (Wildman–Crippen MR) is 84.1 cm³/mol. The molecular formula is C14H21N3O2S. The quantitative estimate of drug-likeness (QED) is 0.751. The van der Waals surface area contributed by atoms with Crippen LogP contribution in [0.1, 0.15) is 17.5 Å². The number of carbonyl (C=O) groups is 2. The number of anilines is 1. The first-order valence-corrected chi connectivity index (χ1v) is 7.76. The first kappa shape index (κ1) is 16.4. The van der Waals surface area contributed by atoms with E-state index in [9.17, 15) is 9.59 Å². The van der Waals surface area contributed by atoms with Crippen molar-refractivity contribution < 1.29 is 9.59 Å². The van der Waals surface area contributed by atoms with Gasteiger partial charge in [-0.2, -0.15) is 11.8 Å². The lowest BCUT2D eigenvalue weighted by Crippen LogP contribution is -2.46. The Morgan fingerprint density at radius 1 is 1.30 bits per heavy atom. The van der Waals surface area contributed by atoms with Gasteiger partial charge in [0.25, 0.3) is 0 Å². The molecule has 0 heterocycles. The number of primary amides is 1. The first-order chi connectivity index (χ1) is 9.43. The van der Waals surface area contributed by atoms with Gasteiger partial charge in [0.05, 0.1) is 0 Å². The van der Waals surface area contributed by atoms with Crippen molar-refractivity contribution in [2.75, 3.05) is 17.3 Å². The van der Waals surface area contributed by atoms with Crippen LogP contribution in [0, 0.1) is 13.8 Å². The van der Waals surface area contributed by atoms with Crippen LogP contribution in [0.4, 0.5) is 10.5 Å². The van der Waals surface area contributed by atoms with E-state index >= 15 is 0 Å². The highest BCUT2D eigenvalue weighted by Gasteiger charge is 2.19. The number of hydrogen-bond donors (Lipinski definition) is 3. The first-order valence-electron chi connectivity index (χ1n) is 6.37. The molecule has 0 fully saturated rings. The molecule has 4 N–H and O–H groups in total. The summed E-state index contributed by atoms with van der Waals surface area (Å²) in [6, 6.07) is 4.40. The fraction of sp³-hybridized carbons (Fsp3) is 0.429. The van der Waals surface area contributed by atoms with Crippen molar-refractivity contribution in [2.24, 2.45) is 5.73 Å². The summed E-state index contributed by atoms with van der Waals surface area (Å²) >= 11 is 1.61. The van der Waals surface area contributed by atoms with Gasteiger partial charge in [0.15, 0.2) is 0 Å². The van der Waals surface area contributed by atoms with Crippen LogP contribution in [-0.2, 0) is 4.79 Å². The molecule has 0 radical (unpaired) electrons. The molecule has 0 aliphatic heterocycles. The number of amides is 3. The normalized spacial score (nSPS) is 11.8. The van der Waals surface area contributed by atoms with Gasteiger partial charge < -0.3 is 16.4 Å². The molecule has 0 aliphatic carbocycles. The number of aryl methyl sites for hydroxylation is 2. The Kier molecular flexibility index (Phi) is 6.38. The summed E-state index contributed by atoms with van der Waals surface area (Å²) in [6.07, 6.45) is 2.49. The van der Waals surface area contributed by atoms with Crippen LogP contribution in [0.25, 0.3) is 0 Å². The van der Waals surface area contributed by atoms with Crippen LogP contribution >= 0.6 is 11.8 Å². The molecule has 1 aromatic rings. The van der Waals surface area contributed by atoms with Gasteiger partial charge >= 0.3 is 6.03 Å². The molecule has 0 bridgehead atoms. The molecule has 0 saturated carbocycles. The maximum absolute atomic E-state index is 12.2. The molecule has 1 rings (SSSR count). The van der Waals surface area contributed by atoms with E-state index in [4.69, 9.17) is 5.73 Å². The van der Waals surface area contributed by atoms with Gasteiger partial charge in [0, 0.05) is 5.69 Å². The number of nitrogens with two attached hydrogens (primary N) is 1. The molecule has 0 aliphatic rings. The third kappa shape index (κ3) is 5.13. The molecule has 1 atom stereocenters. The summed E-state index contributed by atoms with van der Waals surface area (Å²) in [5.74, 6) is 0.520. The Morgan fingerprint density at radius 2 is 2.00 bits per heavy atom. The van der Waals surface area contributed by atoms with Crippen LogP contribution in [0.2, 0.25) is 0 Å². The molecule has 3 amide bonds. The third-order valence-corrected chi connectivity index (χ3v) is 3.66. The highest BCUT2D eigenvalue weighted by Crippen LogP contribution is 2.15. The van der Waals surface area contributed by atoms with Crippen LogP contribution in [0.5, 0.6) is 0 Å². The van der Waals surface area contributed by atoms with E-state index < -0.39 is 12.1 Å². The fourth-order valence-electron chi connectivity index (χ4n) is 1.72. The highest BCUT2D eigenvalue weighted by atomic mass is 32.2. The number of nitrogens with one attached hydrogen (secondary N) is 2. The summed E-state index contributed by atoms with van der Waals surface area (Å²) in [5.41, 5.74) is 8.09. The predicted octanol–water partition coefficient (Wildman–Crippen LogP) is 2.03. The lowest BCUT2D eigenvalue weighted by molar-refractivity contribution is -0.117. The molecule has 5 nitrogen and oxygen atoms in total. The van der Waals surface area contributed by atoms with Gasteiger partial charge in [-0.3, -0.25) is 4.79 Å². The monoisotopic (exact) mass is 295 g/mol. The average Bonchev–Trinajstić information content (AvgIpc) is 2.38. The van der Waals surface area contributed by atoms with Gasteiger partial charge in [0.1, 0.15) is 6.04 Å². The molecule has 0 spiro atoms. The zero-order valence-electron chi connectivity index (χ0n) is 12.0. The summed E-state index contributed by atoms with van der Waals surface area (Å²) in [4.78, 5) is 23.1. The van der Waals surface area contributed by atoms with Gasteiger partial charge in [-0.15, -0.1) is 0 Å². The van der Waals surface area contributed by atoms with Gasteiger partial charge in [-0.1, -0.05) is 6.07 Å². The lowest BCUT2D eigenvalue weighted by atomic mass is 10.1. The van der Waals surface area contributed by atoms with Gasteiger partial charge in [0.2, 0.25) is 5.91 Å². The summed E-state index contributed by atoms with van der Waals surface area (Å²) < 4.78 is 0. The summed E-state index contributed by atoms with van der Waals surface area (Å²) in [5, 5.41) is 5.28. The van der Waals surface area contributed by atoms with Crippen molar-refractivity contribution in [3.63, 3.8) is 0 Å². The third-order valence-electron chi connectivity index (χ3n) is 3.02. The SMILES string of the molecule is CSCCC(NC(N)=O)C(=O)Nc1ccc(C)c(C)c1. The van der Waals surface area contributed by atoms with Gasteiger partial charge in [-0.25, -0.2) is 4.79 Å². The maximum atomic E-state index is 12.2. The minimum absolute atomic E-state index is 0.249. The van der Waals surface area contributed by atoms with E-state index in [1.807, 2.05) is 38.3 Å². The van der Waals surface area contributed by atoms with Crippen molar-refractivity contribution in [1.29, 1.82) is 0 Å². The summed E-state index contributed by atoms with van der Waals surface area (Å²) in [6.45, 7) is 3.99. The minimum atomic E-state index is -0.689. The summed E-state index contributed by atoms with van der Waals surface area (Å²) in [7, 11) is 0. The average molecular weight is 295 g/mol. The van der Waals surface area contributed by atoms with Crippen molar-refractivity contribution >= 4 is 29.4 Å². The van der Waals surface area contributed by atoms with Crippen LogP contribution in [-0.4, -0.2) is 30.0 Å². The number of urea groups is 1. The maximum Gasteiger partial charge on any atom is 0.312 e. The Bertz CT molecular complexity index is 491. The van der Waals surface area contributed by atoms with E-state index in [0.717, 1.165) is 22.6 Å². The van der Waals surface area contributed by atoms with E-state index in [0.29, 0.717) is 6.42 Å². The number of rotatable bonds is 6. The van der Waals surface area contributed by atoms with Crippen LogP contribution in [0.3, 0.4) is 0 Å². The number of hydrogen-bond acceptors (Lipinski definition) is 3. The zero-order valence-corrected chi connectivity index (χ0v) is 12.8. The van der Waals surface area contributed by atoms with Crippen molar-refractivity contribution in [3.8, 4) is 0 Å². The highest BCUT2D eigenvalue weighted by molar-refractivity contribution is 7.98. The zero-order chi connectivity index (χ0) is 15.1. The Balaban J connectivity index is 2.73. The van der Waals surface area contributed by atoms with E-state index in [1.54, 1.807) is 11.8 Å². The molecule has 110 valence electrons. The molecular weight excluding hydrogens is 274 g/mol. The Morgan fingerprint density at radius 3 is 2.55 bits per heavy atom. The second kappa shape index (κ2) is 7.79. The molecule has 1 aromatic carbocycles. The van der Waals surface area contributed by atoms with Gasteiger partial charge in [-0.05, 0) is 55.5 Å². The van der Waals surface area contributed by atoms with Crippen molar-refractivity contribution in [3.05, 3.63) is 29.3 Å². The van der Waals surface area contributed by atoms with E-state index in [1.165, 1.54) is 0 Å². The lowest BCUT2D eigenvalue weighted by Gasteiger charge is -2.17. The second-order valence-electron chi connectivity index (χ2n) is 4.63. The van der Waals surface area contributed by atoms with Crippen molar-refractivity contribution in [2.45, 2.75) is 26.3 Å². The fourth-order valence-corrected chi connectivity index (χ4v) is 2.20. The second-order valence-corrected chi connectivity index (χ2v) is 5.62. The molecule has 6 heteroatoms. The number of thioether (sulfide) groups is 1. The number of carbonyl (C=O) groups excluding carboxylic acids is 2. The topological polar surface area (TPSA) is 84.2 Å². The molecule has 0 aromatic heterocycles. The number of benzene rings is 1. The standard InChI is InChI=1S/C14H21N3O2S/c1-9-4-5-11(8-10(9)2)16-13(18)12(6-7-20-3)17-14(15)19/h4-5,8,12H,6-7H2,1-3H3,(H,16,18)(H3,15,17,19). The molecule has 1 unspecified atom stereocenters. The van der Waals surface area contributed by atoms with Crippen LogP contribution in [0.15, 0.2) is 18.2 Å². The minimum Gasteiger partial charge on any atom is -0.352 e. The molecule has 0 saturated heterocycles. The van der Waals surface area contributed by atoms with Crippen LogP contribution < -0.4 is 16.4 Å². The molecule has 20 heavy (non-hydrogen) atoms.